The second-order valence-corrected chi connectivity index (χ2v) is 25.2. The number of benzene rings is 4. The van der Waals surface area contributed by atoms with E-state index in [1.54, 1.807) is 20.8 Å². The summed E-state index contributed by atoms with van der Waals surface area (Å²) in [6, 6.07) is 25.5. The number of rotatable bonds is 21. The predicted molar refractivity (Wildman–Crippen MR) is 286 cm³/mol. The van der Waals surface area contributed by atoms with Crippen LogP contribution in [0.5, 0.6) is 23.0 Å². The second kappa shape index (κ2) is 26.4. The van der Waals surface area contributed by atoms with Gasteiger partial charge in [-0.3, -0.25) is 9.68 Å². The second-order valence-electron chi connectivity index (χ2n) is 21.5. The molecule has 2 saturated carbocycles. The highest BCUT2D eigenvalue weighted by molar-refractivity contribution is 7.89. The van der Waals surface area contributed by atoms with Crippen LogP contribution >= 0.6 is 0 Å². The summed E-state index contributed by atoms with van der Waals surface area (Å²) in [6.07, 6.45) is 2.22. The summed E-state index contributed by atoms with van der Waals surface area (Å²) in [5, 5.41) is 28.3. The number of hydrogen-bond donors (Lipinski definition) is 4. The van der Waals surface area contributed by atoms with Gasteiger partial charge < -0.3 is 58.7 Å². The van der Waals surface area contributed by atoms with Crippen LogP contribution in [0.15, 0.2) is 107 Å². The Morgan fingerprint density at radius 1 is 0.613 bits per heavy atom. The normalized spacial score (nSPS) is 21.4. The third-order valence-electron chi connectivity index (χ3n) is 14.4. The summed E-state index contributed by atoms with van der Waals surface area (Å²) in [6.45, 7) is 5.18. The molecule has 2 amide bonds. The molecule has 4 aromatic carbocycles. The molecule has 4 aromatic rings. The molecule has 436 valence electrons. The number of sulfonamides is 2. The van der Waals surface area contributed by atoms with Crippen molar-refractivity contribution >= 4 is 32.2 Å². The number of nitrogens with one attached hydrogen (secondary N) is 2. The zero-order chi connectivity index (χ0) is 56.4. The van der Waals surface area contributed by atoms with Gasteiger partial charge in [-0.15, -0.1) is 0 Å². The lowest BCUT2D eigenvalue weighted by atomic mass is 10.0. The summed E-state index contributed by atoms with van der Waals surface area (Å²) in [5.41, 5.74) is 0.957. The van der Waals surface area contributed by atoms with Gasteiger partial charge in [-0.05, 0) is 101 Å². The highest BCUT2D eigenvalue weighted by atomic mass is 32.2. The van der Waals surface area contributed by atoms with Crippen LogP contribution < -0.4 is 29.6 Å². The minimum Gasteiger partial charge on any atom is -0.454 e. The number of aliphatic hydroxyl groups excluding tert-OH is 2. The Balaban J connectivity index is 0.000000195. The SMILES string of the molecule is CC(C)(C)OC(=O)NC(Cc1ccccc1)C(O)CN(OC1CCCC1)S(=O)(=O)c1ccc2c(c1)OCO2.O=C(N[C@@H](Cc1ccccc1)[C@H](O)CN(OC1CCCC1)S(=O)(=O)c1ccc2c(c1)OCO2)O[C@H]1CO[C@H]2OCC[C@H]21. The van der Waals surface area contributed by atoms with E-state index in [4.69, 9.17) is 47.6 Å². The molecule has 2 unspecified atom stereocenters. The fraction of sp³-hybridized carbons (Fsp3) is 0.536. The number of ether oxygens (including phenoxy) is 8. The summed E-state index contributed by atoms with van der Waals surface area (Å²) >= 11 is 0. The van der Waals surface area contributed by atoms with Crippen LogP contribution in [0.2, 0.25) is 0 Å². The monoisotopic (exact) mass is 1150 g/mol. The van der Waals surface area contributed by atoms with Gasteiger partial charge in [0.15, 0.2) is 29.3 Å². The Hall–Kier alpha value is -5.80. The number of fused-ring (bicyclic) bond motifs is 3. The summed E-state index contributed by atoms with van der Waals surface area (Å²) in [4.78, 5) is 37.6. The molecule has 10 rings (SSSR count). The van der Waals surface area contributed by atoms with Crippen LogP contribution in [0.25, 0.3) is 0 Å². The predicted octanol–water partition coefficient (Wildman–Crippen LogP) is 6.52. The molecule has 0 bridgehead atoms. The van der Waals surface area contributed by atoms with E-state index < -0.39 is 81.3 Å². The maximum atomic E-state index is 13.9. The van der Waals surface area contributed by atoms with Gasteiger partial charge in [0.1, 0.15) is 11.7 Å². The molecule has 2 saturated heterocycles. The number of hydroxylamine groups is 2. The molecule has 0 aromatic heterocycles. The van der Waals surface area contributed by atoms with Gasteiger partial charge in [-0.2, -0.15) is 0 Å². The van der Waals surface area contributed by atoms with Crippen molar-refractivity contribution in [1.82, 2.24) is 19.6 Å². The lowest BCUT2D eigenvalue weighted by Crippen LogP contribution is -2.51. The van der Waals surface area contributed by atoms with Crippen molar-refractivity contribution in [2.75, 3.05) is 39.9 Å². The van der Waals surface area contributed by atoms with Crippen molar-refractivity contribution in [1.29, 1.82) is 0 Å². The molecule has 4 aliphatic heterocycles. The Morgan fingerprint density at radius 3 is 1.52 bits per heavy atom. The maximum absolute atomic E-state index is 13.9. The van der Waals surface area contributed by atoms with Crippen molar-refractivity contribution in [2.45, 2.75) is 156 Å². The Kier molecular flexibility index (Phi) is 19.4. The first-order valence-corrected chi connectivity index (χ1v) is 30.1. The van der Waals surface area contributed by atoms with Gasteiger partial charge in [-0.1, -0.05) is 95.3 Å². The first-order chi connectivity index (χ1) is 38.4. The third-order valence-corrected chi connectivity index (χ3v) is 17.6. The largest absolute Gasteiger partial charge is 0.454 e. The first-order valence-electron chi connectivity index (χ1n) is 27.2. The van der Waals surface area contributed by atoms with Gasteiger partial charge in [0.25, 0.3) is 20.0 Å². The molecule has 7 atom stereocenters. The zero-order valence-electron chi connectivity index (χ0n) is 45.1. The van der Waals surface area contributed by atoms with E-state index in [1.165, 1.54) is 36.4 Å². The third kappa shape index (κ3) is 15.4. The van der Waals surface area contributed by atoms with E-state index in [1.807, 2.05) is 60.7 Å². The lowest BCUT2D eigenvalue weighted by molar-refractivity contribution is -0.145. The van der Waals surface area contributed by atoms with E-state index in [0.29, 0.717) is 55.3 Å². The van der Waals surface area contributed by atoms with Crippen molar-refractivity contribution in [3.05, 3.63) is 108 Å². The van der Waals surface area contributed by atoms with Crippen LogP contribution in [-0.2, 0) is 61.5 Å². The molecule has 0 spiro atoms. The highest BCUT2D eigenvalue weighted by Gasteiger charge is 2.45. The minimum atomic E-state index is -4.23. The van der Waals surface area contributed by atoms with E-state index in [0.717, 1.165) is 52.2 Å². The number of amides is 2. The van der Waals surface area contributed by atoms with Crippen molar-refractivity contribution in [3.8, 4) is 23.0 Å². The smallest absolute Gasteiger partial charge is 0.407 e. The van der Waals surface area contributed by atoms with Crippen molar-refractivity contribution in [3.63, 3.8) is 0 Å². The fourth-order valence-corrected chi connectivity index (χ4v) is 12.8. The van der Waals surface area contributed by atoms with Crippen LogP contribution in [-0.4, -0.2) is 143 Å². The van der Waals surface area contributed by atoms with E-state index in [2.05, 4.69) is 10.6 Å². The molecule has 0 radical (unpaired) electrons. The number of aliphatic hydroxyl groups is 2. The summed E-state index contributed by atoms with van der Waals surface area (Å²) < 4.78 is 100. The first kappa shape index (κ1) is 58.8. The molecular formula is C56H72N4O18S2. The van der Waals surface area contributed by atoms with E-state index >= 15 is 0 Å². The van der Waals surface area contributed by atoms with E-state index in [9.17, 15) is 36.6 Å². The summed E-state index contributed by atoms with van der Waals surface area (Å²) in [5.74, 6) is 1.49. The lowest BCUT2D eigenvalue weighted by Gasteiger charge is -2.31. The molecular weight excluding hydrogens is 1080 g/mol. The summed E-state index contributed by atoms with van der Waals surface area (Å²) in [7, 11) is -8.42. The fourth-order valence-electron chi connectivity index (χ4n) is 10.2. The quantitative estimate of drug-likeness (QED) is 0.0647. The molecule has 4 heterocycles. The minimum absolute atomic E-state index is 0.00415. The highest BCUT2D eigenvalue weighted by Crippen LogP contribution is 2.38. The van der Waals surface area contributed by atoms with Gasteiger partial charge in [0, 0.05) is 12.1 Å². The number of alkyl carbamates (subject to hydrolysis) is 2. The molecule has 4 N–H and O–H groups in total. The van der Waals surface area contributed by atoms with Crippen molar-refractivity contribution < 1.29 is 84.2 Å². The van der Waals surface area contributed by atoms with Crippen LogP contribution in [0.3, 0.4) is 0 Å². The molecule has 4 fully saturated rings. The molecule has 80 heavy (non-hydrogen) atoms. The molecule has 22 nitrogen and oxygen atoms in total. The maximum Gasteiger partial charge on any atom is 0.407 e. The van der Waals surface area contributed by atoms with Crippen LogP contribution in [0, 0.1) is 5.92 Å². The number of nitrogens with zero attached hydrogens (tertiary/aromatic N) is 2. The van der Waals surface area contributed by atoms with Crippen LogP contribution in [0.1, 0.15) is 89.7 Å². The Bertz CT molecular complexity index is 2920. The topological polar surface area (TPSA) is 266 Å². The number of carbonyl (C=O) groups is 2. The number of hydrogen-bond acceptors (Lipinski definition) is 18. The van der Waals surface area contributed by atoms with Gasteiger partial charge in [-0.25, -0.2) is 26.4 Å². The van der Waals surface area contributed by atoms with Gasteiger partial charge in [0.2, 0.25) is 13.6 Å². The van der Waals surface area contributed by atoms with Gasteiger partial charge >= 0.3 is 12.2 Å². The molecule has 6 aliphatic rings. The number of carbonyl (C=O) groups excluding carboxylic acids is 2. The standard InChI is InChI=1S/C29H36N2O10S.C27H36N2O8S/c32-24(16-31(41-20-8-4-5-9-20)42(34,35)21-10-11-25-26(15-21)39-18-38-25)23(14-19-6-2-1-3-7-19)30-29(33)40-27-17-37-28-22(27)12-13-36-28;1-27(2,3)36-26(31)28-22(15-19-9-5-4-6-10-19)23(30)17-29(37-20-11-7-8-12-20)38(32,33)21-13-14-24-25(16-21)35-18-34-24/h1-3,6-7,10-11,15,20,22-24,27-28,32H,4-5,8-9,12-14,16-18H2,(H,30,33);4-6,9-10,13-14,16,20,22-23,30H,7-8,11-12,15,17-18H2,1-3H3,(H,28,31)/t22-,23-,24+,27-,28+;/m0./s1. The average Bonchev–Trinajstić information content (AvgIpc) is 4.34. The van der Waals surface area contributed by atoms with Crippen LogP contribution in [0.4, 0.5) is 9.59 Å². The van der Waals surface area contributed by atoms with Gasteiger partial charge in [0.05, 0.1) is 78.5 Å². The zero-order valence-corrected chi connectivity index (χ0v) is 46.7. The molecule has 2 aliphatic carbocycles. The Labute approximate surface area is 466 Å². The average molecular weight is 1150 g/mol. The molecule has 24 heteroatoms. The van der Waals surface area contributed by atoms with E-state index in [-0.39, 0.29) is 67.2 Å². The van der Waals surface area contributed by atoms with Crippen molar-refractivity contribution in [2.24, 2.45) is 5.92 Å². The Morgan fingerprint density at radius 2 is 1.06 bits per heavy atom.